The highest BCUT2D eigenvalue weighted by molar-refractivity contribution is 9.10. The van der Waals surface area contributed by atoms with Gasteiger partial charge in [-0.2, -0.15) is 4.98 Å². The molecule has 0 bridgehead atoms. The molecule has 0 aliphatic heterocycles. The third kappa shape index (κ3) is 5.39. The molecule has 134 valence electrons. The van der Waals surface area contributed by atoms with E-state index in [1.54, 1.807) is 0 Å². The van der Waals surface area contributed by atoms with Crippen LogP contribution in [0.15, 0.2) is 33.3 Å². The van der Waals surface area contributed by atoms with Crippen molar-refractivity contribution in [1.82, 2.24) is 15.0 Å². The molecule has 5 nitrogen and oxygen atoms in total. The van der Waals surface area contributed by atoms with E-state index in [4.69, 9.17) is 4.52 Å². The van der Waals surface area contributed by atoms with E-state index in [0.29, 0.717) is 31.3 Å². The third-order valence-electron chi connectivity index (χ3n) is 4.31. The molecule has 1 fully saturated rings. The largest absolute Gasteiger partial charge is 0.339 e. The van der Waals surface area contributed by atoms with Gasteiger partial charge in [0, 0.05) is 36.3 Å². The molecule has 1 heterocycles. The molecule has 25 heavy (non-hydrogen) atoms. The van der Waals surface area contributed by atoms with Gasteiger partial charge in [-0.25, -0.2) is 0 Å². The molecular weight excluding hydrogens is 382 g/mol. The zero-order valence-corrected chi connectivity index (χ0v) is 16.2. The lowest BCUT2D eigenvalue weighted by molar-refractivity contribution is -0.132. The van der Waals surface area contributed by atoms with Crippen LogP contribution in [0.1, 0.15) is 56.3 Å². The van der Waals surface area contributed by atoms with Gasteiger partial charge in [0.25, 0.3) is 0 Å². The van der Waals surface area contributed by atoms with Crippen molar-refractivity contribution in [3.63, 3.8) is 0 Å². The van der Waals surface area contributed by atoms with Gasteiger partial charge in [-0.05, 0) is 43.4 Å². The number of aromatic nitrogens is 2. The maximum absolute atomic E-state index is 12.7. The average Bonchev–Trinajstić information content (AvgIpc) is 3.33. The van der Waals surface area contributed by atoms with Gasteiger partial charge >= 0.3 is 0 Å². The van der Waals surface area contributed by atoms with E-state index in [-0.39, 0.29) is 5.91 Å². The van der Waals surface area contributed by atoms with Crippen molar-refractivity contribution in [3.8, 4) is 0 Å². The molecule has 1 aliphatic rings. The highest BCUT2D eigenvalue weighted by atomic mass is 79.9. The summed E-state index contributed by atoms with van der Waals surface area (Å²) in [7, 11) is 0. The topological polar surface area (TPSA) is 59.2 Å². The monoisotopic (exact) mass is 405 g/mol. The number of halogens is 1. The average molecular weight is 406 g/mol. The Morgan fingerprint density at radius 2 is 2.20 bits per heavy atom. The van der Waals surface area contributed by atoms with Crippen molar-refractivity contribution < 1.29 is 9.32 Å². The molecule has 1 saturated carbocycles. The lowest BCUT2D eigenvalue weighted by atomic mass is 10.1. The summed E-state index contributed by atoms with van der Waals surface area (Å²) in [6.45, 7) is 2.77. The molecule has 0 radical (unpaired) electrons. The van der Waals surface area contributed by atoms with Gasteiger partial charge in [0.15, 0.2) is 5.82 Å². The maximum atomic E-state index is 12.7. The number of aryl methyl sites for hydroxylation is 2. The summed E-state index contributed by atoms with van der Waals surface area (Å²) in [5.74, 6) is 1.62. The Labute approximate surface area is 156 Å². The van der Waals surface area contributed by atoms with Gasteiger partial charge in [0.1, 0.15) is 0 Å². The zero-order valence-electron chi connectivity index (χ0n) is 14.6. The minimum absolute atomic E-state index is 0.218. The smallest absolute Gasteiger partial charge is 0.226 e. The summed E-state index contributed by atoms with van der Waals surface area (Å²) in [6.07, 6.45) is 6.00. The second-order valence-electron chi connectivity index (χ2n) is 6.59. The van der Waals surface area contributed by atoms with E-state index < -0.39 is 0 Å². The van der Waals surface area contributed by atoms with Crippen LogP contribution in [0.2, 0.25) is 0 Å². The number of amides is 1. The second kappa shape index (κ2) is 8.61. The van der Waals surface area contributed by atoms with Gasteiger partial charge in [0.2, 0.25) is 11.8 Å². The quantitative estimate of drug-likeness (QED) is 0.623. The first-order valence-electron chi connectivity index (χ1n) is 9.01. The minimum Gasteiger partial charge on any atom is -0.339 e. The zero-order chi connectivity index (χ0) is 17.6. The fourth-order valence-electron chi connectivity index (χ4n) is 2.89. The van der Waals surface area contributed by atoms with E-state index in [1.165, 1.54) is 0 Å². The third-order valence-corrected chi connectivity index (χ3v) is 4.81. The number of carbonyl (C=O) groups is 1. The van der Waals surface area contributed by atoms with E-state index in [9.17, 15) is 4.79 Å². The van der Waals surface area contributed by atoms with Crippen LogP contribution in [-0.2, 0) is 24.2 Å². The Morgan fingerprint density at radius 3 is 2.92 bits per heavy atom. The minimum atomic E-state index is 0.218. The summed E-state index contributed by atoms with van der Waals surface area (Å²) in [4.78, 5) is 19.0. The van der Waals surface area contributed by atoms with Gasteiger partial charge in [0.05, 0.1) is 0 Å². The first-order valence-corrected chi connectivity index (χ1v) is 9.80. The Kier molecular flexibility index (Phi) is 6.24. The fourth-order valence-corrected chi connectivity index (χ4v) is 3.34. The van der Waals surface area contributed by atoms with Gasteiger partial charge in [-0.3, -0.25) is 4.79 Å². The van der Waals surface area contributed by atoms with Crippen LogP contribution in [-0.4, -0.2) is 27.0 Å². The highest BCUT2D eigenvalue weighted by Gasteiger charge is 2.32. The molecule has 0 saturated heterocycles. The number of hydrogen-bond acceptors (Lipinski definition) is 4. The van der Waals surface area contributed by atoms with Gasteiger partial charge in [-0.1, -0.05) is 40.1 Å². The van der Waals surface area contributed by atoms with Crippen LogP contribution < -0.4 is 0 Å². The number of benzene rings is 1. The van der Waals surface area contributed by atoms with E-state index >= 15 is 0 Å². The van der Waals surface area contributed by atoms with E-state index in [1.807, 2.05) is 17.0 Å². The molecular formula is C19H24BrN3O2. The normalized spacial score (nSPS) is 13.8. The Balaban J connectivity index is 1.50. The predicted molar refractivity (Wildman–Crippen MR) is 98.9 cm³/mol. The van der Waals surface area contributed by atoms with Crippen LogP contribution >= 0.6 is 15.9 Å². The molecule has 1 aromatic heterocycles. The lowest BCUT2D eigenvalue weighted by Gasteiger charge is -2.22. The molecule has 1 aliphatic carbocycles. The van der Waals surface area contributed by atoms with Crippen LogP contribution in [0.25, 0.3) is 0 Å². The van der Waals surface area contributed by atoms with Gasteiger partial charge in [-0.15, -0.1) is 0 Å². The molecule has 2 aromatic rings. The van der Waals surface area contributed by atoms with Crippen LogP contribution in [0.4, 0.5) is 0 Å². The molecule has 0 spiro atoms. The Bertz CT molecular complexity index is 712. The van der Waals surface area contributed by atoms with Crippen molar-refractivity contribution in [2.24, 2.45) is 0 Å². The maximum Gasteiger partial charge on any atom is 0.226 e. The van der Waals surface area contributed by atoms with Gasteiger partial charge < -0.3 is 9.42 Å². The van der Waals surface area contributed by atoms with Crippen molar-refractivity contribution in [2.75, 3.05) is 0 Å². The summed E-state index contributed by atoms with van der Waals surface area (Å²) in [6, 6.07) is 8.57. The first kappa shape index (κ1) is 18.1. The molecule has 1 amide bonds. The molecule has 0 unspecified atom stereocenters. The number of hydrogen-bond donors (Lipinski definition) is 0. The number of nitrogens with zero attached hydrogens (tertiary/aromatic N) is 3. The predicted octanol–water partition coefficient (Wildman–Crippen LogP) is 4.30. The van der Waals surface area contributed by atoms with E-state index in [0.717, 1.165) is 48.0 Å². The standard InChI is InChI=1S/C19H24BrN3O2/c1-2-5-17-21-18(25-22-17)8-4-9-19(24)23(16-10-11-16)13-14-6-3-7-15(20)12-14/h3,6-7,12,16H,2,4-5,8-11,13H2,1H3. The summed E-state index contributed by atoms with van der Waals surface area (Å²) < 4.78 is 6.29. The van der Waals surface area contributed by atoms with Crippen molar-refractivity contribution in [3.05, 3.63) is 46.0 Å². The number of carbonyl (C=O) groups excluding carboxylic acids is 1. The molecule has 0 N–H and O–H groups in total. The van der Waals surface area contributed by atoms with Crippen molar-refractivity contribution in [2.45, 2.75) is 64.5 Å². The molecule has 1 aromatic carbocycles. The van der Waals surface area contributed by atoms with E-state index in [2.05, 4.69) is 45.1 Å². The Hall–Kier alpha value is -1.69. The second-order valence-corrected chi connectivity index (χ2v) is 7.51. The summed E-state index contributed by atoms with van der Waals surface area (Å²) >= 11 is 3.50. The Morgan fingerprint density at radius 1 is 1.36 bits per heavy atom. The van der Waals surface area contributed by atoms with Crippen molar-refractivity contribution in [1.29, 1.82) is 0 Å². The lowest BCUT2D eigenvalue weighted by Crippen LogP contribution is -2.32. The highest BCUT2D eigenvalue weighted by Crippen LogP contribution is 2.29. The molecule has 3 rings (SSSR count). The first-order chi connectivity index (χ1) is 12.2. The molecule has 0 atom stereocenters. The SMILES string of the molecule is CCCc1noc(CCCC(=O)N(Cc2cccc(Br)c2)C2CC2)n1. The number of rotatable bonds is 9. The summed E-state index contributed by atoms with van der Waals surface area (Å²) in [5, 5.41) is 3.96. The molecule has 6 heteroatoms. The van der Waals surface area contributed by atoms with Crippen LogP contribution in [0.3, 0.4) is 0 Å². The summed E-state index contributed by atoms with van der Waals surface area (Å²) in [5.41, 5.74) is 1.16. The van der Waals surface area contributed by atoms with Crippen LogP contribution in [0, 0.1) is 0 Å². The van der Waals surface area contributed by atoms with Crippen LogP contribution in [0.5, 0.6) is 0 Å². The fraction of sp³-hybridized carbons (Fsp3) is 0.526. The van der Waals surface area contributed by atoms with Crippen molar-refractivity contribution >= 4 is 21.8 Å².